The van der Waals surface area contributed by atoms with Gasteiger partial charge >= 0.3 is 24.0 Å². The van der Waals surface area contributed by atoms with Crippen molar-refractivity contribution in [2.75, 3.05) is 52.5 Å². The second-order valence-electron chi connectivity index (χ2n) is 19.0. The number of amides is 6. The largest absolute Gasteiger partial charge is 0.493 e. The molecule has 5 aromatic carbocycles. The number of methoxy groups -OCH3 is 3. The van der Waals surface area contributed by atoms with Gasteiger partial charge in [-0.3, -0.25) is 19.3 Å². The first-order valence-electron chi connectivity index (χ1n) is 24.6. The Labute approximate surface area is 434 Å². The predicted octanol–water partition coefficient (Wildman–Crippen LogP) is 5.25. The van der Waals surface area contributed by atoms with Crippen LogP contribution in [0.15, 0.2) is 115 Å². The number of rotatable bonds is 13. The van der Waals surface area contributed by atoms with Crippen molar-refractivity contribution in [2.45, 2.75) is 62.5 Å². The van der Waals surface area contributed by atoms with Crippen LogP contribution in [0.3, 0.4) is 0 Å². The number of nitrogens with two attached hydrogens (primary N) is 1. The highest BCUT2D eigenvalue weighted by Gasteiger charge is 2.76. The van der Waals surface area contributed by atoms with Crippen molar-refractivity contribution in [3.8, 4) is 29.1 Å². The summed E-state index contributed by atoms with van der Waals surface area (Å²) in [5.41, 5.74) is 7.27. The summed E-state index contributed by atoms with van der Waals surface area (Å²) < 4.78 is 28.9. The zero-order valence-electron chi connectivity index (χ0n) is 42.1. The van der Waals surface area contributed by atoms with E-state index in [1.165, 1.54) is 14.2 Å². The van der Waals surface area contributed by atoms with Crippen molar-refractivity contribution < 1.29 is 57.6 Å². The molecule has 9 rings (SSSR count). The normalized spacial score (nSPS) is 21.9. The number of fused-ring (bicyclic) bond motifs is 4. The fourth-order valence-electron chi connectivity index (χ4n) is 11.2. The van der Waals surface area contributed by atoms with E-state index in [0.29, 0.717) is 45.9 Å². The van der Waals surface area contributed by atoms with Crippen LogP contribution in [0.1, 0.15) is 71.0 Å². The number of aliphatic hydroxyl groups excluding tert-OH is 1. The van der Waals surface area contributed by atoms with Crippen LogP contribution in [-0.4, -0.2) is 110 Å². The third-order valence-corrected chi connectivity index (χ3v) is 14.5. The zero-order chi connectivity index (χ0) is 53.1. The Morgan fingerprint density at radius 1 is 0.840 bits per heavy atom. The molecule has 4 heterocycles. The molecule has 388 valence electrons. The zero-order valence-corrected chi connectivity index (χ0v) is 42.1. The number of imide groups is 1. The Kier molecular flexibility index (Phi) is 14.8. The smallest absolute Gasteiger partial charge is 0.329 e. The summed E-state index contributed by atoms with van der Waals surface area (Å²) in [5, 5.41) is 14.9. The number of morpholine rings is 1. The third kappa shape index (κ3) is 9.33. The van der Waals surface area contributed by atoms with Crippen molar-refractivity contribution in [3.05, 3.63) is 154 Å². The van der Waals surface area contributed by atoms with Crippen LogP contribution >= 0.6 is 0 Å². The van der Waals surface area contributed by atoms with Crippen LogP contribution in [0.25, 0.3) is 0 Å². The minimum absolute atomic E-state index is 0.00651. The number of primary amides is 1. The Bertz CT molecular complexity index is 3070. The summed E-state index contributed by atoms with van der Waals surface area (Å²) in [7, 11) is 4.26. The molecule has 0 radical (unpaired) electrons. The molecule has 5 aromatic rings. The van der Waals surface area contributed by atoms with E-state index in [9.17, 15) is 14.7 Å². The third-order valence-electron chi connectivity index (χ3n) is 14.5. The number of nitrogens with one attached hydrogen (secondary N) is 2. The topological polar surface area (TPSA) is 229 Å². The van der Waals surface area contributed by atoms with Gasteiger partial charge in [-0.15, -0.1) is 0 Å². The van der Waals surface area contributed by atoms with Crippen LogP contribution in [-0.2, 0) is 47.0 Å². The fourth-order valence-corrected chi connectivity index (χ4v) is 11.2. The number of nitrogens with zero attached hydrogens (tertiary/aromatic N) is 3. The number of cyclic esters (lactones) is 1. The highest BCUT2D eigenvalue weighted by Crippen LogP contribution is 2.66. The lowest BCUT2D eigenvalue weighted by atomic mass is 9.64. The minimum Gasteiger partial charge on any atom is -0.493 e. The van der Waals surface area contributed by atoms with Gasteiger partial charge in [-0.25, -0.2) is 19.3 Å². The lowest BCUT2D eigenvalue weighted by Gasteiger charge is -2.46. The summed E-state index contributed by atoms with van der Waals surface area (Å²) in [4.78, 5) is 93.8. The van der Waals surface area contributed by atoms with Crippen LogP contribution in [0, 0.1) is 23.7 Å². The van der Waals surface area contributed by atoms with E-state index in [1.54, 1.807) is 68.3 Å². The van der Waals surface area contributed by atoms with Gasteiger partial charge < -0.3 is 50.1 Å². The van der Waals surface area contributed by atoms with Gasteiger partial charge in [0.1, 0.15) is 36.0 Å². The van der Waals surface area contributed by atoms with E-state index >= 15 is 19.2 Å². The van der Waals surface area contributed by atoms with E-state index in [4.69, 9.17) is 29.4 Å². The predicted molar refractivity (Wildman–Crippen MR) is 273 cm³/mol. The number of esters is 2. The van der Waals surface area contributed by atoms with E-state index in [0.717, 1.165) is 16.0 Å². The monoisotopic (exact) mass is 1020 g/mol. The molecular formula is C57H58N6O12. The summed E-state index contributed by atoms with van der Waals surface area (Å²) in [6.45, 7) is 3.27. The standard InChI is InChI=1S/C57H58N6O12/c1-33(2)46(52(66)73-5)60-56(70)62-42-23-18-34(13-12-25-59-55(58)69)29-41(42)57(54(62)68)45(51(65)61-26-24-38-30-43(71-3)44(72-4)31-39(38)32-61)48-53(67)75-49(36-16-10-7-11-17-36)47(35-14-8-6-9-15-35)63(48)50(57)37-19-21-40(22-20-37)74-28-27-64/h6-11,14-23,29-31,33,45-50,64H,24-28,32H2,1-5H3,(H,60,70)(H3,58,59,69)/t45-,46+,47-,48-,49+,50+,57-/m1/s1. The first kappa shape index (κ1) is 51.5. The van der Waals surface area contributed by atoms with Gasteiger partial charge in [-0.2, -0.15) is 0 Å². The summed E-state index contributed by atoms with van der Waals surface area (Å²) >= 11 is 0. The van der Waals surface area contributed by atoms with Crippen LogP contribution < -0.4 is 35.5 Å². The molecule has 18 heteroatoms. The molecule has 0 bridgehead atoms. The number of aliphatic hydroxyl groups is 1. The van der Waals surface area contributed by atoms with Crippen LogP contribution in [0.4, 0.5) is 15.3 Å². The number of hydrogen-bond acceptors (Lipinski definition) is 13. The maximum atomic E-state index is 16.9. The van der Waals surface area contributed by atoms with Crippen molar-refractivity contribution in [3.63, 3.8) is 0 Å². The molecule has 0 unspecified atom stereocenters. The SMILES string of the molecule is COC(=O)[C@@H](NC(=O)N1C(=O)[C@@]2(c3cc(C#CCNC(N)=O)ccc31)[C@H](c1ccc(OCCO)cc1)N1[C@H](c3ccccc3)[C@H](c3ccccc3)OC(=O)[C@H]1[C@@H]2C(=O)N1CCc2cc(OC)c(OC)cc2C1)C(C)C. The number of hydrogen-bond donors (Lipinski definition) is 4. The summed E-state index contributed by atoms with van der Waals surface area (Å²) in [6.07, 6.45) is -0.608. The van der Waals surface area contributed by atoms with Crippen molar-refractivity contribution in [1.82, 2.24) is 20.4 Å². The number of carbonyl (C=O) groups is 6. The number of benzene rings is 5. The number of ether oxygens (including phenoxy) is 5. The second-order valence-corrected chi connectivity index (χ2v) is 19.0. The maximum Gasteiger partial charge on any atom is 0.329 e. The van der Waals surface area contributed by atoms with Gasteiger partial charge in [-0.1, -0.05) is 98.5 Å². The molecule has 1 spiro atoms. The van der Waals surface area contributed by atoms with Crippen molar-refractivity contribution in [2.24, 2.45) is 17.6 Å². The van der Waals surface area contributed by atoms with Gasteiger partial charge in [-0.05, 0) is 88.2 Å². The average Bonchev–Trinajstić information content (AvgIpc) is 3.88. The van der Waals surface area contributed by atoms with Gasteiger partial charge in [0.25, 0.3) is 0 Å². The van der Waals surface area contributed by atoms with E-state index < -0.39 is 83.3 Å². The van der Waals surface area contributed by atoms with Crippen molar-refractivity contribution in [1.29, 1.82) is 0 Å². The molecule has 0 aliphatic carbocycles. The van der Waals surface area contributed by atoms with Crippen LogP contribution in [0.5, 0.6) is 17.2 Å². The Morgan fingerprint density at radius 2 is 1.51 bits per heavy atom. The molecule has 18 nitrogen and oxygen atoms in total. The molecule has 0 aromatic heterocycles. The van der Waals surface area contributed by atoms with Gasteiger partial charge in [0, 0.05) is 18.7 Å². The molecule has 2 fully saturated rings. The van der Waals surface area contributed by atoms with Crippen molar-refractivity contribution >= 4 is 41.5 Å². The minimum atomic E-state index is -2.17. The lowest BCUT2D eigenvalue weighted by Crippen LogP contribution is -2.58. The van der Waals surface area contributed by atoms with E-state index in [2.05, 4.69) is 22.5 Å². The Hall–Kier alpha value is -8.40. The molecule has 4 aliphatic rings. The second kappa shape index (κ2) is 21.6. The Balaban J connectivity index is 1.35. The highest BCUT2D eigenvalue weighted by atomic mass is 16.6. The molecule has 75 heavy (non-hydrogen) atoms. The average molecular weight is 1020 g/mol. The first-order valence-corrected chi connectivity index (χ1v) is 24.6. The molecule has 2 saturated heterocycles. The highest BCUT2D eigenvalue weighted by molar-refractivity contribution is 6.25. The molecule has 0 saturated carbocycles. The molecule has 6 amide bonds. The number of anilines is 1. The molecular weight excluding hydrogens is 961 g/mol. The van der Waals surface area contributed by atoms with Gasteiger partial charge in [0.2, 0.25) is 11.8 Å². The lowest BCUT2D eigenvalue weighted by molar-refractivity contribution is -0.179. The summed E-state index contributed by atoms with van der Waals surface area (Å²) in [6, 6.07) is 27.4. The summed E-state index contributed by atoms with van der Waals surface area (Å²) in [5.74, 6) is 2.23. The first-order chi connectivity index (χ1) is 36.3. The van der Waals surface area contributed by atoms with Crippen LogP contribution in [0.2, 0.25) is 0 Å². The Morgan fingerprint density at radius 3 is 2.13 bits per heavy atom. The molecule has 5 N–H and O–H groups in total. The molecule has 7 atom stereocenters. The van der Waals surface area contributed by atoms with Gasteiger partial charge in [0.05, 0.1) is 58.2 Å². The number of urea groups is 2. The maximum absolute atomic E-state index is 16.9. The quantitative estimate of drug-likeness (QED) is 0.0874. The number of carbonyl (C=O) groups excluding carboxylic acids is 6. The van der Waals surface area contributed by atoms with E-state index in [1.807, 2.05) is 77.7 Å². The molecule has 4 aliphatic heterocycles. The fraction of sp³-hybridized carbons (Fsp3) is 0.333. The van der Waals surface area contributed by atoms with E-state index in [-0.39, 0.29) is 44.1 Å². The van der Waals surface area contributed by atoms with Gasteiger partial charge in [0.15, 0.2) is 11.5 Å².